The van der Waals surface area contributed by atoms with Gasteiger partial charge in [-0.25, -0.2) is 4.39 Å². The molecule has 0 aliphatic heterocycles. The molecular weight excluding hydrogens is 221 g/mol. The Kier molecular flexibility index (Phi) is 5.07. The minimum absolute atomic E-state index is 0.0854. The van der Waals surface area contributed by atoms with Gasteiger partial charge in [-0.3, -0.25) is 9.59 Å². The van der Waals surface area contributed by atoms with E-state index in [9.17, 15) is 14.0 Å². The molecule has 1 rings (SSSR count). The molecule has 1 aromatic carbocycles. The van der Waals surface area contributed by atoms with Gasteiger partial charge < -0.3 is 5.32 Å². The highest BCUT2D eigenvalue weighted by molar-refractivity contribution is 5.81. The van der Waals surface area contributed by atoms with Crippen molar-refractivity contribution in [1.82, 2.24) is 5.32 Å². The van der Waals surface area contributed by atoms with Crippen molar-refractivity contribution in [3.63, 3.8) is 0 Å². The van der Waals surface area contributed by atoms with Gasteiger partial charge in [0.1, 0.15) is 5.82 Å². The molecule has 0 saturated heterocycles. The van der Waals surface area contributed by atoms with Crippen LogP contribution in [0.1, 0.15) is 29.3 Å². The van der Waals surface area contributed by atoms with Crippen LogP contribution in [0.25, 0.3) is 6.08 Å². The lowest BCUT2D eigenvalue weighted by Gasteiger charge is -2.00. The molecule has 0 spiro atoms. The molecule has 1 aromatic rings. The smallest absolute Gasteiger partial charge is 0.216 e. The largest absolute Gasteiger partial charge is 0.356 e. The van der Waals surface area contributed by atoms with Gasteiger partial charge in [0.2, 0.25) is 5.91 Å². The number of rotatable bonds is 5. The molecule has 0 unspecified atom stereocenters. The molecule has 0 aliphatic carbocycles. The summed E-state index contributed by atoms with van der Waals surface area (Å²) in [6.45, 7) is 1.97. The quantitative estimate of drug-likeness (QED) is 0.628. The van der Waals surface area contributed by atoms with E-state index < -0.39 is 0 Å². The average Bonchev–Trinajstić information content (AvgIpc) is 2.28. The molecule has 0 bridgehead atoms. The molecule has 0 heterocycles. The first-order valence-electron chi connectivity index (χ1n) is 5.29. The first kappa shape index (κ1) is 13.1. The molecule has 0 aromatic heterocycles. The zero-order chi connectivity index (χ0) is 12.7. The number of benzene rings is 1. The Morgan fingerprint density at radius 2 is 2.18 bits per heavy atom. The van der Waals surface area contributed by atoms with Crippen LogP contribution in [0.4, 0.5) is 4.39 Å². The predicted octanol–water partition coefficient (Wildman–Crippen LogP) is 2.18. The van der Waals surface area contributed by atoms with Gasteiger partial charge in [-0.2, -0.15) is 0 Å². The fourth-order valence-electron chi connectivity index (χ4n) is 1.34. The van der Waals surface area contributed by atoms with Gasteiger partial charge in [-0.05, 0) is 30.2 Å². The fraction of sp³-hybridized carbons (Fsp3) is 0.231. The maximum absolute atomic E-state index is 13.0. The summed E-state index contributed by atoms with van der Waals surface area (Å²) in [6.07, 6.45) is 4.79. The molecule has 4 heteroatoms. The summed E-state index contributed by atoms with van der Waals surface area (Å²) in [6, 6.07) is 3.99. The van der Waals surface area contributed by atoms with Crippen LogP contribution in [0.5, 0.6) is 0 Å². The van der Waals surface area contributed by atoms with E-state index in [2.05, 4.69) is 5.32 Å². The molecule has 0 aliphatic rings. The van der Waals surface area contributed by atoms with Crippen LogP contribution in [-0.2, 0) is 4.79 Å². The van der Waals surface area contributed by atoms with Crippen LogP contribution in [0.3, 0.4) is 0 Å². The molecule has 0 saturated carbocycles. The minimum atomic E-state index is -0.378. The highest BCUT2D eigenvalue weighted by atomic mass is 19.1. The zero-order valence-corrected chi connectivity index (χ0v) is 9.57. The van der Waals surface area contributed by atoms with Crippen molar-refractivity contribution in [3.8, 4) is 0 Å². The summed E-state index contributed by atoms with van der Waals surface area (Å²) in [5, 5.41) is 2.64. The van der Waals surface area contributed by atoms with Gasteiger partial charge in [0.25, 0.3) is 0 Å². The van der Waals surface area contributed by atoms with E-state index in [4.69, 9.17) is 0 Å². The van der Waals surface area contributed by atoms with Gasteiger partial charge in [0.05, 0.1) is 0 Å². The van der Waals surface area contributed by atoms with E-state index >= 15 is 0 Å². The predicted molar refractivity (Wildman–Crippen MR) is 64.1 cm³/mol. The molecule has 0 radical (unpaired) electrons. The molecule has 0 atom stereocenters. The van der Waals surface area contributed by atoms with E-state index in [-0.39, 0.29) is 11.7 Å². The van der Waals surface area contributed by atoms with Crippen LogP contribution in [0.2, 0.25) is 0 Å². The van der Waals surface area contributed by atoms with Crippen molar-refractivity contribution in [1.29, 1.82) is 0 Å². The van der Waals surface area contributed by atoms with Crippen molar-refractivity contribution in [2.24, 2.45) is 0 Å². The van der Waals surface area contributed by atoms with Gasteiger partial charge in [-0.1, -0.05) is 12.2 Å². The molecular formula is C13H14FNO2. The lowest BCUT2D eigenvalue weighted by atomic mass is 10.1. The third-order valence-corrected chi connectivity index (χ3v) is 2.16. The molecule has 3 nitrogen and oxygen atoms in total. The lowest BCUT2D eigenvalue weighted by Crippen LogP contribution is -2.20. The molecule has 1 N–H and O–H groups in total. The van der Waals surface area contributed by atoms with Crippen LogP contribution in [-0.4, -0.2) is 18.7 Å². The van der Waals surface area contributed by atoms with Crippen molar-refractivity contribution in [2.75, 3.05) is 6.54 Å². The normalized spacial score (nSPS) is 10.5. The van der Waals surface area contributed by atoms with Crippen molar-refractivity contribution in [2.45, 2.75) is 13.3 Å². The third-order valence-electron chi connectivity index (χ3n) is 2.16. The second kappa shape index (κ2) is 6.58. The maximum atomic E-state index is 13.0. The van der Waals surface area contributed by atoms with E-state index in [0.717, 1.165) is 0 Å². The number of halogens is 1. The maximum Gasteiger partial charge on any atom is 0.216 e. The fourth-order valence-corrected chi connectivity index (χ4v) is 1.34. The standard InChI is InChI=1S/C13H14FNO2/c1-10(17)15-7-3-2-4-11-8-13(14)6-5-12(11)9-16/h2,4-6,8-9H,3,7H2,1H3,(H,15,17). The number of hydrogen-bond acceptors (Lipinski definition) is 2. The summed E-state index contributed by atoms with van der Waals surface area (Å²) >= 11 is 0. The van der Waals surface area contributed by atoms with E-state index in [0.29, 0.717) is 30.4 Å². The number of carbonyl (C=O) groups is 2. The van der Waals surface area contributed by atoms with Crippen LogP contribution >= 0.6 is 0 Å². The zero-order valence-electron chi connectivity index (χ0n) is 9.57. The van der Waals surface area contributed by atoms with Crippen molar-refractivity contribution in [3.05, 3.63) is 41.2 Å². The summed E-state index contributed by atoms with van der Waals surface area (Å²) in [4.78, 5) is 21.3. The number of amides is 1. The van der Waals surface area contributed by atoms with E-state index in [1.165, 1.54) is 25.1 Å². The number of hydrogen-bond donors (Lipinski definition) is 1. The third kappa shape index (κ3) is 4.59. The molecule has 0 fully saturated rings. The Labute approximate surface area is 99.3 Å². The summed E-state index contributed by atoms with van der Waals surface area (Å²) in [7, 11) is 0. The Bertz CT molecular complexity index is 441. The molecule has 17 heavy (non-hydrogen) atoms. The van der Waals surface area contributed by atoms with Gasteiger partial charge in [0.15, 0.2) is 6.29 Å². The topological polar surface area (TPSA) is 46.2 Å². The Balaban J connectivity index is 2.60. The van der Waals surface area contributed by atoms with Crippen LogP contribution < -0.4 is 5.32 Å². The van der Waals surface area contributed by atoms with Gasteiger partial charge >= 0.3 is 0 Å². The SMILES string of the molecule is CC(=O)NCCC=Cc1cc(F)ccc1C=O. The second-order valence-electron chi connectivity index (χ2n) is 3.57. The Morgan fingerprint density at radius 1 is 1.41 bits per heavy atom. The van der Waals surface area contributed by atoms with Gasteiger partial charge in [-0.15, -0.1) is 0 Å². The molecule has 90 valence electrons. The van der Waals surface area contributed by atoms with Crippen LogP contribution in [0, 0.1) is 5.82 Å². The van der Waals surface area contributed by atoms with E-state index in [1.54, 1.807) is 12.2 Å². The van der Waals surface area contributed by atoms with E-state index in [1.807, 2.05) is 0 Å². The van der Waals surface area contributed by atoms with Crippen molar-refractivity contribution < 1.29 is 14.0 Å². The highest BCUT2D eigenvalue weighted by Gasteiger charge is 1.99. The first-order valence-corrected chi connectivity index (χ1v) is 5.29. The Hall–Kier alpha value is -1.97. The Morgan fingerprint density at radius 3 is 2.82 bits per heavy atom. The number of carbonyl (C=O) groups excluding carboxylic acids is 2. The van der Waals surface area contributed by atoms with Gasteiger partial charge in [0, 0.05) is 19.0 Å². The minimum Gasteiger partial charge on any atom is -0.356 e. The second-order valence-corrected chi connectivity index (χ2v) is 3.57. The average molecular weight is 235 g/mol. The number of nitrogens with one attached hydrogen (secondary N) is 1. The highest BCUT2D eigenvalue weighted by Crippen LogP contribution is 2.11. The van der Waals surface area contributed by atoms with Crippen molar-refractivity contribution >= 4 is 18.3 Å². The summed E-state index contributed by atoms with van der Waals surface area (Å²) in [5.74, 6) is -0.463. The number of aldehydes is 1. The lowest BCUT2D eigenvalue weighted by molar-refractivity contribution is -0.118. The molecule has 1 amide bonds. The van der Waals surface area contributed by atoms with Crippen LogP contribution in [0.15, 0.2) is 24.3 Å². The monoisotopic (exact) mass is 235 g/mol. The first-order chi connectivity index (χ1) is 8.13. The summed E-state index contributed by atoms with van der Waals surface area (Å²) in [5.41, 5.74) is 0.991. The summed E-state index contributed by atoms with van der Waals surface area (Å²) < 4.78 is 13.0.